The normalized spacial score (nSPS) is 11.8. The van der Waals surface area contributed by atoms with Crippen LogP contribution in [0.1, 0.15) is 32.5 Å². The summed E-state index contributed by atoms with van der Waals surface area (Å²) in [5.41, 5.74) is -0.796. The molecule has 0 aliphatic carbocycles. The molecular weight excluding hydrogens is 462 g/mol. The van der Waals surface area contributed by atoms with Gasteiger partial charge < -0.3 is 4.52 Å². The largest absolute Gasteiger partial charge is 0.338 e. The highest BCUT2D eigenvalue weighted by atomic mass is 32.2. The Bertz CT molecular complexity index is 1550. The van der Waals surface area contributed by atoms with E-state index in [-0.39, 0.29) is 34.2 Å². The number of fused-ring (bicyclic) bond motifs is 1. The first kappa shape index (κ1) is 23.3. The molecule has 4 rings (SSSR count). The number of aryl methyl sites for hydroxylation is 1. The lowest BCUT2D eigenvalue weighted by Crippen LogP contribution is -2.38. The number of hydrogen-bond donors (Lipinski definition) is 0. The average molecular weight is 484 g/mol. The summed E-state index contributed by atoms with van der Waals surface area (Å²) in [7, 11) is 2.96. The van der Waals surface area contributed by atoms with Gasteiger partial charge in [-0.1, -0.05) is 49.8 Å². The standard InChI is InChI=1S/C21H21N7O5S/c1-21(2,3)19-23-16-14(18(29)27(5)20(30)26(16)4)17(24-19)34-10-13-22-15(25-33-13)11-7-6-8-12(9-11)28(31)32/h6-9H,10H2,1-5H3. The summed E-state index contributed by atoms with van der Waals surface area (Å²) in [6.07, 6.45) is 0. The molecule has 34 heavy (non-hydrogen) atoms. The van der Waals surface area contributed by atoms with Crippen LogP contribution in [0.25, 0.3) is 22.4 Å². The molecule has 0 saturated carbocycles. The molecule has 1 aromatic carbocycles. The number of thioether (sulfide) groups is 1. The number of hydrogen-bond acceptors (Lipinski definition) is 10. The van der Waals surface area contributed by atoms with Crippen molar-refractivity contribution in [3.63, 3.8) is 0 Å². The molecule has 0 bridgehead atoms. The van der Waals surface area contributed by atoms with Gasteiger partial charge in [0.25, 0.3) is 11.2 Å². The Balaban J connectivity index is 1.73. The molecule has 0 radical (unpaired) electrons. The molecule has 0 fully saturated rings. The van der Waals surface area contributed by atoms with Gasteiger partial charge in [0.15, 0.2) is 5.65 Å². The molecule has 176 valence electrons. The van der Waals surface area contributed by atoms with Gasteiger partial charge in [0.1, 0.15) is 16.2 Å². The lowest BCUT2D eigenvalue weighted by molar-refractivity contribution is -0.384. The Morgan fingerprint density at radius 1 is 1.12 bits per heavy atom. The maximum absolute atomic E-state index is 12.9. The number of nitro benzene ring substituents is 1. The van der Waals surface area contributed by atoms with Gasteiger partial charge in [-0.2, -0.15) is 4.98 Å². The molecule has 0 spiro atoms. The Labute approximate surface area is 196 Å². The van der Waals surface area contributed by atoms with Gasteiger partial charge in [0.2, 0.25) is 11.7 Å². The molecule has 0 aliphatic heterocycles. The topological polar surface area (TPSA) is 152 Å². The van der Waals surface area contributed by atoms with Crippen LogP contribution in [0, 0.1) is 10.1 Å². The van der Waals surface area contributed by atoms with Gasteiger partial charge in [-0.15, -0.1) is 0 Å². The van der Waals surface area contributed by atoms with Crippen molar-refractivity contribution in [3.05, 3.63) is 66.9 Å². The summed E-state index contributed by atoms with van der Waals surface area (Å²) in [5.74, 6) is 1.12. The lowest BCUT2D eigenvalue weighted by Gasteiger charge is -2.19. The minimum Gasteiger partial charge on any atom is -0.338 e. The van der Waals surface area contributed by atoms with Crippen molar-refractivity contribution in [2.45, 2.75) is 37.0 Å². The van der Waals surface area contributed by atoms with Gasteiger partial charge in [-0.25, -0.2) is 14.8 Å². The monoisotopic (exact) mass is 483 g/mol. The molecule has 12 nitrogen and oxygen atoms in total. The second kappa shape index (κ2) is 8.48. The van der Waals surface area contributed by atoms with Crippen molar-refractivity contribution >= 4 is 28.5 Å². The predicted octanol–water partition coefficient (Wildman–Crippen LogP) is 2.58. The van der Waals surface area contributed by atoms with Crippen molar-refractivity contribution in [1.82, 2.24) is 29.2 Å². The van der Waals surface area contributed by atoms with Crippen molar-refractivity contribution in [2.75, 3.05) is 0 Å². The zero-order valence-electron chi connectivity index (χ0n) is 19.1. The van der Waals surface area contributed by atoms with Gasteiger partial charge in [0, 0.05) is 37.2 Å². The van der Waals surface area contributed by atoms with Crippen molar-refractivity contribution in [2.24, 2.45) is 14.1 Å². The summed E-state index contributed by atoms with van der Waals surface area (Å²) in [6, 6.07) is 5.92. The van der Waals surface area contributed by atoms with Crippen LogP contribution < -0.4 is 11.2 Å². The second-order valence-electron chi connectivity index (χ2n) is 8.61. The summed E-state index contributed by atoms with van der Waals surface area (Å²) in [5, 5.41) is 15.6. The van der Waals surface area contributed by atoms with E-state index in [1.165, 1.54) is 35.5 Å². The third kappa shape index (κ3) is 4.21. The zero-order valence-corrected chi connectivity index (χ0v) is 19.9. The minimum atomic E-state index is -0.499. The fraction of sp³-hybridized carbons (Fsp3) is 0.333. The Hall–Kier alpha value is -3.87. The molecule has 3 heterocycles. The van der Waals surface area contributed by atoms with Gasteiger partial charge >= 0.3 is 5.69 Å². The highest BCUT2D eigenvalue weighted by Crippen LogP contribution is 2.29. The predicted molar refractivity (Wildman–Crippen MR) is 125 cm³/mol. The van der Waals surface area contributed by atoms with E-state index in [0.717, 1.165) is 4.57 Å². The van der Waals surface area contributed by atoms with E-state index in [1.807, 2.05) is 20.8 Å². The van der Waals surface area contributed by atoms with Crippen LogP contribution in [0.15, 0.2) is 43.4 Å². The maximum Gasteiger partial charge on any atom is 0.332 e. The van der Waals surface area contributed by atoms with E-state index in [2.05, 4.69) is 20.1 Å². The van der Waals surface area contributed by atoms with Gasteiger partial charge in [-0.3, -0.25) is 24.0 Å². The molecule has 0 amide bonds. The molecule has 0 unspecified atom stereocenters. The van der Waals surface area contributed by atoms with E-state index < -0.39 is 21.6 Å². The third-order valence-electron chi connectivity index (χ3n) is 5.05. The average Bonchev–Trinajstić information content (AvgIpc) is 3.28. The molecular formula is C21H21N7O5S. The molecule has 13 heteroatoms. The zero-order chi connectivity index (χ0) is 24.8. The lowest BCUT2D eigenvalue weighted by atomic mass is 9.96. The summed E-state index contributed by atoms with van der Waals surface area (Å²) in [4.78, 5) is 49.3. The summed E-state index contributed by atoms with van der Waals surface area (Å²) in [6.45, 7) is 5.81. The number of nitrogens with zero attached hydrogens (tertiary/aromatic N) is 7. The Morgan fingerprint density at radius 2 is 1.85 bits per heavy atom. The minimum absolute atomic E-state index is 0.0816. The number of rotatable bonds is 5. The first-order chi connectivity index (χ1) is 16.0. The molecule has 3 aromatic heterocycles. The van der Waals surface area contributed by atoms with Gasteiger partial charge in [-0.05, 0) is 0 Å². The molecule has 0 atom stereocenters. The number of nitro groups is 1. The smallest absolute Gasteiger partial charge is 0.332 e. The highest BCUT2D eigenvalue weighted by Gasteiger charge is 2.24. The van der Waals surface area contributed by atoms with Crippen molar-refractivity contribution in [1.29, 1.82) is 0 Å². The number of aromatic nitrogens is 6. The quantitative estimate of drug-likeness (QED) is 0.179. The van der Waals surface area contributed by atoms with Gasteiger partial charge in [0.05, 0.1) is 10.7 Å². The van der Waals surface area contributed by atoms with E-state index in [0.29, 0.717) is 16.4 Å². The fourth-order valence-corrected chi connectivity index (χ4v) is 4.04. The van der Waals surface area contributed by atoms with Crippen LogP contribution in [0.3, 0.4) is 0 Å². The van der Waals surface area contributed by atoms with E-state index >= 15 is 0 Å². The van der Waals surface area contributed by atoms with Crippen molar-refractivity contribution < 1.29 is 9.45 Å². The molecule has 0 aliphatic rings. The summed E-state index contributed by atoms with van der Waals surface area (Å²) >= 11 is 1.20. The van der Waals surface area contributed by atoms with Crippen LogP contribution in [0.2, 0.25) is 0 Å². The first-order valence-electron chi connectivity index (χ1n) is 10.2. The maximum atomic E-state index is 12.9. The molecule has 0 saturated heterocycles. The molecule has 0 N–H and O–H groups in total. The van der Waals surface area contributed by atoms with Crippen LogP contribution in [-0.2, 0) is 25.3 Å². The van der Waals surface area contributed by atoms with Crippen LogP contribution >= 0.6 is 11.8 Å². The SMILES string of the molecule is Cn1c(=O)c2c(SCc3nc(-c4cccc([N+](=O)[O-])c4)no3)nc(C(C)(C)C)nc2n(C)c1=O. The fourth-order valence-electron chi connectivity index (χ4n) is 3.19. The first-order valence-corrected chi connectivity index (χ1v) is 11.1. The highest BCUT2D eigenvalue weighted by molar-refractivity contribution is 7.98. The van der Waals surface area contributed by atoms with E-state index in [1.54, 1.807) is 19.2 Å². The van der Waals surface area contributed by atoms with Crippen LogP contribution in [-0.4, -0.2) is 34.2 Å². The van der Waals surface area contributed by atoms with E-state index in [4.69, 9.17) is 4.52 Å². The van der Waals surface area contributed by atoms with E-state index in [9.17, 15) is 19.7 Å². The third-order valence-corrected chi connectivity index (χ3v) is 6.01. The second-order valence-corrected chi connectivity index (χ2v) is 9.58. The number of benzene rings is 1. The Kier molecular flexibility index (Phi) is 5.81. The Morgan fingerprint density at radius 3 is 2.53 bits per heavy atom. The summed E-state index contributed by atoms with van der Waals surface area (Å²) < 4.78 is 7.65. The van der Waals surface area contributed by atoms with Crippen LogP contribution in [0.4, 0.5) is 5.69 Å². The van der Waals surface area contributed by atoms with Crippen molar-refractivity contribution in [3.8, 4) is 11.4 Å². The molecule has 4 aromatic rings. The van der Waals surface area contributed by atoms with Crippen LogP contribution in [0.5, 0.6) is 0 Å². The number of non-ortho nitro benzene ring substituents is 1.